The molecule has 0 atom stereocenters. The van der Waals surface area contributed by atoms with Gasteiger partial charge in [0.25, 0.3) is 0 Å². The predicted octanol–water partition coefficient (Wildman–Crippen LogP) is 2.85. The average Bonchev–Trinajstić information content (AvgIpc) is 2.67. The minimum atomic E-state index is -0.0329. The second-order valence-electron chi connectivity index (χ2n) is 3.44. The molecule has 1 aromatic carbocycles. The van der Waals surface area contributed by atoms with E-state index in [9.17, 15) is 4.79 Å². The fourth-order valence-corrected chi connectivity index (χ4v) is 1.51. The molecule has 2 rings (SSSR count). The highest BCUT2D eigenvalue weighted by Crippen LogP contribution is 2.26. The fourth-order valence-electron chi connectivity index (χ4n) is 1.51. The smallest absolute Gasteiger partial charge is 0.177 e. The Kier molecular flexibility index (Phi) is 2.37. The third-order valence-electron chi connectivity index (χ3n) is 2.34. The molecule has 0 N–H and O–H groups in total. The van der Waals surface area contributed by atoms with E-state index in [1.54, 1.807) is 0 Å². The van der Waals surface area contributed by atoms with Crippen LogP contribution in [0.2, 0.25) is 0 Å². The summed E-state index contributed by atoms with van der Waals surface area (Å²) in [5.41, 5.74) is 2.52. The second-order valence-corrected chi connectivity index (χ2v) is 3.44. The van der Waals surface area contributed by atoms with Crippen LogP contribution in [0, 0.1) is 6.92 Å². The van der Waals surface area contributed by atoms with Crippen LogP contribution in [0.5, 0.6) is 0 Å². The summed E-state index contributed by atoms with van der Waals surface area (Å²) in [5.74, 6) is 0.523. The standard InChI is InChI=1S/C12H11NO2/c1-8-5-3-4-6-10(8)12-11(9(2)14)7-13-15-12/h3-7H,1-2H3. The summed E-state index contributed by atoms with van der Waals surface area (Å²) >= 11 is 0. The summed E-state index contributed by atoms with van der Waals surface area (Å²) in [7, 11) is 0. The van der Waals surface area contributed by atoms with Crippen LogP contribution in [0.3, 0.4) is 0 Å². The molecule has 0 aliphatic carbocycles. The van der Waals surface area contributed by atoms with E-state index in [-0.39, 0.29) is 5.78 Å². The van der Waals surface area contributed by atoms with E-state index < -0.39 is 0 Å². The lowest BCUT2D eigenvalue weighted by Gasteiger charge is -2.01. The molecule has 3 nitrogen and oxygen atoms in total. The number of aromatic nitrogens is 1. The monoisotopic (exact) mass is 201 g/mol. The molecule has 0 bridgehead atoms. The highest BCUT2D eigenvalue weighted by atomic mass is 16.5. The molecule has 0 saturated carbocycles. The van der Waals surface area contributed by atoms with Crippen molar-refractivity contribution in [1.82, 2.24) is 5.16 Å². The van der Waals surface area contributed by atoms with Crippen LogP contribution in [0.15, 0.2) is 35.0 Å². The molecule has 1 aromatic heterocycles. The van der Waals surface area contributed by atoms with Gasteiger partial charge in [-0.15, -0.1) is 0 Å². The Labute approximate surface area is 87.7 Å². The molecule has 0 fully saturated rings. The lowest BCUT2D eigenvalue weighted by Crippen LogP contribution is -1.92. The zero-order valence-corrected chi connectivity index (χ0v) is 8.65. The van der Waals surface area contributed by atoms with Crippen LogP contribution in [0.25, 0.3) is 11.3 Å². The number of benzene rings is 1. The van der Waals surface area contributed by atoms with Crippen molar-refractivity contribution >= 4 is 5.78 Å². The summed E-state index contributed by atoms with van der Waals surface area (Å²) in [5, 5.41) is 3.67. The number of aryl methyl sites for hydroxylation is 1. The van der Waals surface area contributed by atoms with Crippen molar-refractivity contribution in [2.24, 2.45) is 0 Å². The molecule has 1 heterocycles. The van der Waals surface area contributed by atoms with E-state index in [1.807, 2.05) is 31.2 Å². The van der Waals surface area contributed by atoms with Crippen molar-refractivity contribution in [2.45, 2.75) is 13.8 Å². The first-order chi connectivity index (χ1) is 7.20. The van der Waals surface area contributed by atoms with Crippen LogP contribution in [-0.2, 0) is 0 Å². The number of hydrogen-bond donors (Lipinski definition) is 0. The normalized spacial score (nSPS) is 10.3. The van der Waals surface area contributed by atoms with E-state index in [1.165, 1.54) is 13.1 Å². The van der Waals surface area contributed by atoms with E-state index >= 15 is 0 Å². The van der Waals surface area contributed by atoms with Crippen molar-refractivity contribution in [2.75, 3.05) is 0 Å². The van der Waals surface area contributed by atoms with Crippen LogP contribution in [0.1, 0.15) is 22.8 Å². The highest BCUT2D eigenvalue weighted by Gasteiger charge is 2.15. The summed E-state index contributed by atoms with van der Waals surface area (Å²) < 4.78 is 5.12. The highest BCUT2D eigenvalue weighted by molar-refractivity contribution is 5.99. The van der Waals surface area contributed by atoms with Crippen molar-refractivity contribution in [3.05, 3.63) is 41.6 Å². The molecule has 0 amide bonds. The summed E-state index contributed by atoms with van der Waals surface area (Å²) in [4.78, 5) is 11.3. The van der Waals surface area contributed by atoms with Crippen LogP contribution in [-0.4, -0.2) is 10.9 Å². The van der Waals surface area contributed by atoms with Gasteiger partial charge in [0.1, 0.15) is 0 Å². The summed E-state index contributed by atoms with van der Waals surface area (Å²) in [6.45, 7) is 3.48. The molecule has 15 heavy (non-hydrogen) atoms. The minimum Gasteiger partial charge on any atom is -0.356 e. The number of carbonyl (C=O) groups excluding carboxylic acids is 1. The molecule has 0 radical (unpaired) electrons. The third kappa shape index (κ3) is 1.68. The van der Waals surface area contributed by atoms with E-state index in [2.05, 4.69) is 5.16 Å². The third-order valence-corrected chi connectivity index (χ3v) is 2.34. The lowest BCUT2D eigenvalue weighted by atomic mass is 10.0. The largest absolute Gasteiger partial charge is 0.356 e. The molecule has 76 valence electrons. The number of Topliss-reactive ketones (excluding diaryl/α,β-unsaturated/α-hetero) is 1. The van der Waals surface area contributed by atoms with Gasteiger partial charge in [-0.25, -0.2) is 0 Å². The topological polar surface area (TPSA) is 43.1 Å². The quantitative estimate of drug-likeness (QED) is 0.701. The van der Waals surface area contributed by atoms with Crippen LogP contribution < -0.4 is 0 Å². The van der Waals surface area contributed by atoms with Crippen LogP contribution in [0.4, 0.5) is 0 Å². The summed E-state index contributed by atoms with van der Waals surface area (Å²) in [6.07, 6.45) is 1.46. The Balaban J connectivity index is 2.59. The van der Waals surface area contributed by atoms with Crippen LogP contribution >= 0.6 is 0 Å². The van der Waals surface area contributed by atoms with Gasteiger partial charge in [-0.05, 0) is 19.4 Å². The molecule has 3 heteroatoms. The van der Waals surface area contributed by atoms with Gasteiger partial charge in [0, 0.05) is 5.56 Å². The van der Waals surface area contributed by atoms with Gasteiger partial charge in [0.05, 0.1) is 11.8 Å². The maximum absolute atomic E-state index is 11.3. The van der Waals surface area contributed by atoms with Gasteiger partial charge in [-0.2, -0.15) is 0 Å². The van der Waals surface area contributed by atoms with Crippen molar-refractivity contribution in [3.8, 4) is 11.3 Å². The van der Waals surface area contributed by atoms with E-state index in [4.69, 9.17) is 4.52 Å². The van der Waals surface area contributed by atoms with Gasteiger partial charge in [0.15, 0.2) is 11.5 Å². The van der Waals surface area contributed by atoms with Crippen molar-refractivity contribution in [1.29, 1.82) is 0 Å². The first-order valence-corrected chi connectivity index (χ1v) is 4.72. The van der Waals surface area contributed by atoms with Gasteiger partial charge in [-0.3, -0.25) is 4.79 Å². The van der Waals surface area contributed by atoms with Crippen molar-refractivity contribution in [3.63, 3.8) is 0 Å². The van der Waals surface area contributed by atoms with Gasteiger partial charge >= 0.3 is 0 Å². The molecule has 0 unspecified atom stereocenters. The molecule has 0 spiro atoms. The Morgan fingerprint density at radius 2 is 2.07 bits per heavy atom. The van der Waals surface area contributed by atoms with E-state index in [0.717, 1.165) is 11.1 Å². The number of rotatable bonds is 2. The van der Waals surface area contributed by atoms with Gasteiger partial charge in [-0.1, -0.05) is 29.4 Å². The number of hydrogen-bond acceptors (Lipinski definition) is 3. The predicted molar refractivity (Wildman–Crippen MR) is 56.7 cm³/mol. The summed E-state index contributed by atoms with van der Waals surface area (Å²) in [6, 6.07) is 7.75. The minimum absolute atomic E-state index is 0.0329. The Morgan fingerprint density at radius 3 is 2.73 bits per heavy atom. The average molecular weight is 201 g/mol. The number of ketones is 1. The van der Waals surface area contributed by atoms with Crippen molar-refractivity contribution < 1.29 is 9.32 Å². The number of nitrogens with zero attached hydrogens (tertiary/aromatic N) is 1. The van der Waals surface area contributed by atoms with Gasteiger partial charge < -0.3 is 4.52 Å². The Hall–Kier alpha value is -1.90. The molecular formula is C12H11NO2. The zero-order valence-electron chi connectivity index (χ0n) is 8.65. The molecule has 0 aliphatic rings. The Bertz CT molecular complexity index is 500. The Morgan fingerprint density at radius 1 is 1.33 bits per heavy atom. The van der Waals surface area contributed by atoms with E-state index in [0.29, 0.717) is 11.3 Å². The maximum Gasteiger partial charge on any atom is 0.177 e. The molecule has 2 aromatic rings. The lowest BCUT2D eigenvalue weighted by molar-refractivity contribution is 0.101. The maximum atomic E-state index is 11.3. The second kappa shape index (κ2) is 3.69. The fraction of sp³-hybridized carbons (Fsp3) is 0.167. The zero-order chi connectivity index (χ0) is 10.8. The first-order valence-electron chi connectivity index (χ1n) is 4.72. The molecular weight excluding hydrogens is 190 g/mol. The van der Waals surface area contributed by atoms with Gasteiger partial charge in [0.2, 0.25) is 0 Å². The SMILES string of the molecule is CC(=O)c1cnoc1-c1ccccc1C. The first kappa shape index (κ1) is 9.65. The number of carbonyl (C=O) groups is 1. The molecule has 0 aliphatic heterocycles. The molecule has 0 saturated heterocycles.